The molecule has 152 valence electrons. The minimum Gasteiger partial charge on any atom is -0.492 e. The number of aromatic nitrogens is 2. The van der Waals surface area contributed by atoms with Gasteiger partial charge in [-0.05, 0) is 37.0 Å². The lowest BCUT2D eigenvalue weighted by molar-refractivity contribution is 0.0993. The Morgan fingerprint density at radius 1 is 1.36 bits per heavy atom. The molecule has 0 radical (unpaired) electrons. The van der Waals surface area contributed by atoms with Crippen LogP contribution in [0.3, 0.4) is 0 Å². The van der Waals surface area contributed by atoms with Crippen LogP contribution in [0.25, 0.3) is 0 Å². The van der Waals surface area contributed by atoms with E-state index >= 15 is 0 Å². The van der Waals surface area contributed by atoms with Crippen LogP contribution in [0.5, 0.6) is 5.75 Å². The van der Waals surface area contributed by atoms with Crippen molar-refractivity contribution in [2.24, 2.45) is 18.7 Å². The summed E-state index contributed by atoms with van der Waals surface area (Å²) in [5.74, 6) is -0.324. The van der Waals surface area contributed by atoms with E-state index in [1.54, 1.807) is 13.1 Å². The van der Waals surface area contributed by atoms with E-state index in [0.717, 1.165) is 25.7 Å². The fourth-order valence-electron chi connectivity index (χ4n) is 3.35. The maximum absolute atomic E-state index is 13.0. The third-order valence-electron chi connectivity index (χ3n) is 4.80. The zero-order valence-corrected chi connectivity index (χ0v) is 17.1. The molecule has 0 spiro atoms. The number of nitrogens with zero attached hydrogens (tertiary/aromatic N) is 2. The number of rotatable bonds is 7. The maximum Gasteiger partial charge on any atom is 0.269 e. The van der Waals surface area contributed by atoms with Crippen molar-refractivity contribution in [3.8, 4) is 5.75 Å². The van der Waals surface area contributed by atoms with E-state index in [4.69, 9.17) is 22.1 Å². The van der Waals surface area contributed by atoms with Crippen molar-refractivity contribution in [1.29, 1.82) is 0 Å². The number of primary amides is 1. The molecule has 1 saturated carbocycles. The van der Waals surface area contributed by atoms with Crippen LogP contribution in [-0.4, -0.2) is 30.5 Å². The van der Waals surface area contributed by atoms with E-state index in [1.165, 1.54) is 29.4 Å². The number of imidazole rings is 1. The van der Waals surface area contributed by atoms with E-state index in [1.807, 2.05) is 0 Å². The highest BCUT2D eigenvalue weighted by Gasteiger charge is 2.25. The summed E-state index contributed by atoms with van der Waals surface area (Å²) in [6.07, 6.45) is 7.01. The standard InChI is InChI=1S/C18H23ClN4O4S/c1-23-11-21-18(16(23)17(20)24)22-28(25,26)15-9-13(19)7-8-14(15)27-10-12-5-3-2-4-6-12/h7-9,11-12,22H,2-6,10H2,1H3,(H2,20,24). The van der Waals surface area contributed by atoms with Crippen molar-refractivity contribution in [3.63, 3.8) is 0 Å². The van der Waals surface area contributed by atoms with Crippen LogP contribution in [0.15, 0.2) is 29.4 Å². The predicted molar refractivity (Wildman–Crippen MR) is 106 cm³/mol. The van der Waals surface area contributed by atoms with E-state index in [2.05, 4.69) is 9.71 Å². The quantitative estimate of drug-likeness (QED) is 0.705. The highest BCUT2D eigenvalue weighted by molar-refractivity contribution is 7.92. The van der Waals surface area contributed by atoms with Crippen LogP contribution >= 0.6 is 11.6 Å². The summed E-state index contributed by atoms with van der Waals surface area (Å²) in [5, 5.41) is 0.251. The van der Waals surface area contributed by atoms with Crippen LogP contribution in [0, 0.1) is 5.92 Å². The SMILES string of the molecule is Cn1cnc(NS(=O)(=O)c2cc(Cl)ccc2OCC2CCCCC2)c1C(N)=O. The first-order chi connectivity index (χ1) is 13.3. The Morgan fingerprint density at radius 3 is 2.75 bits per heavy atom. The number of benzene rings is 1. The number of aryl methyl sites for hydroxylation is 1. The summed E-state index contributed by atoms with van der Waals surface area (Å²) in [4.78, 5) is 15.4. The molecule has 3 N–H and O–H groups in total. The van der Waals surface area contributed by atoms with E-state index in [0.29, 0.717) is 12.5 Å². The molecular formula is C18H23ClN4O4S. The molecule has 1 aromatic heterocycles. The average molecular weight is 427 g/mol. The molecule has 1 heterocycles. The third-order valence-corrected chi connectivity index (χ3v) is 6.39. The topological polar surface area (TPSA) is 116 Å². The number of ether oxygens (including phenoxy) is 1. The third kappa shape index (κ3) is 4.59. The number of carbonyl (C=O) groups excluding carboxylic acids is 1. The van der Waals surface area contributed by atoms with Crippen molar-refractivity contribution >= 4 is 33.3 Å². The van der Waals surface area contributed by atoms with Crippen molar-refractivity contribution in [1.82, 2.24) is 9.55 Å². The van der Waals surface area contributed by atoms with Gasteiger partial charge in [-0.15, -0.1) is 0 Å². The Kier molecular flexibility index (Phi) is 6.14. The van der Waals surface area contributed by atoms with Crippen molar-refractivity contribution in [2.45, 2.75) is 37.0 Å². The molecule has 1 aromatic carbocycles. The van der Waals surface area contributed by atoms with E-state index in [9.17, 15) is 13.2 Å². The largest absolute Gasteiger partial charge is 0.492 e. The molecule has 8 nitrogen and oxygen atoms in total. The highest BCUT2D eigenvalue weighted by atomic mass is 35.5. The van der Waals surface area contributed by atoms with Gasteiger partial charge in [0.25, 0.3) is 15.9 Å². The van der Waals surface area contributed by atoms with E-state index in [-0.39, 0.29) is 27.2 Å². The minimum absolute atomic E-state index is 0.0460. The molecule has 1 aliphatic carbocycles. The molecule has 1 aliphatic rings. The second-order valence-corrected chi connectivity index (χ2v) is 9.02. The summed E-state index contributed by atoms with van der Waals surface area (Å²) < 4.78 is 35.4. The van der Waals surface area contributed by atoms with Crippen LogP contribution in [-0.2, 0) is 17.1 Å². The molecule has 10 heteroatoms. The predicted octanol–water partition coefficient (Wildman–Crippen LogP) is 2.93. The number of nitrogens with two attached hydrogens (primary N) is 1. The summed E-state index contributed by atoms with van der Waals surface area (Å²) in [6, 6.07) is 4.42. The van der Waals surface area contributed by atoms with Crippen LogP contribution < -0.4 is 15.2 Å². The first kappa shape index (κ1) is 20.5. The Labute approximate surface area is 169 Å². The number of hydrogen-bond acceptors (Lipinski definition) is 5. The van der Waals surface area contributed by atoms with Gasteiger partial charge in [0, 0.05) is 12.1 Å². The summed E-state index contributed by atoms with van der Waals surface area (Å²) in [5.41, 5.74) is 5.28. The van der Waals surface area contributed by atoms with Gasteiger partial charge >= 0.3 is 0 Å². The normalized spacial score (nSPS) is 15.4. The Morgan fingerprint density at radius 2 is 2.07 bits per heavy atom. The molecular weight excluding hydrogens is 404 g/mol. The lowest BCUT2D eigenvalue weighted by Crippen LogP contribution is -2.21. The smallest absolute Gasteiger partial charge is 0.269 e. The van der Waals surface area contributed by atoms with Crippen LogP contribution in [0.1, 0.15) is 42.6 Å². The van der Waals surface area contributed by atoms with Gasteiger partial charge in [-0.2, -0.15) is 0 Å². The molecule has 28 heavy (non-hydrogen) atoms. The maximum atomic E-state index is 13.0. The van der Waals surface area contributed by atoms with E-state index < -0.39 is 15.9 Å². The fourth-order valence-corrected chi connectivity index (χ4v) is 4.77. The van der Waals surface area contributed by atoms with Gasteiger partial charge in [0.05, 0.1) is 12.9 Å². The molecule has 0 unspecified atom stereocenters. The highest BCUT2D eigenvalue weighted by Crippen LogP contribution is 2.31. The second kappa shape index (κ2) is 8.40. The number of hydrogen-bond donors (Lipinski definition) is 2. The lowest BCUT2D eigenvalue weighted by Gasteiger charge is -2.22. The monoisotopic (exact) mass is 426 g/mol. The lowest BCUT2D eigenvalue weighted by atomic mass is 9.90. The summed E-state index contributed by atoms with van der Waals surface area (Å²) in [7, 11) is -2.56. The van der Waals surface area contributed by atoms with Gasteiger partial charge in [0.15, 0.2) is 11.5 Å². The average Bonchev–Trinajstić information content (AvgIpc) is 3.01. The fraction of sp³-hybridized carbons (Fsp3) is 0.444. The molecule has 2 aromatic rings. The number of halogens is 1. The van der Waals surface area contributed by atoms with Gasteiger partial charge < -0.3 is 15.0 Å². The van der Waals surface area contributed by atoms with Gasteiger partial charge in [0.1, 0.15) is 10.6 Å². The molecule has 1 fully saturated rings. The van der Waals surface area contributed by atoms with Gasteiger partial charge in [-0.1, -0.05) is 30.9 Å². The molecule has 0 aliphatic heterocycles. The van der Waals surface area contributed by atoms with Crippen LogP contribution in [0.4, 0.5) is 5.82 Å². The summed E-state index contributed by atoms with van der Waals surface area (Å²) in [6.45, 7) is 0.445. The molecule has 1 amide bonds. The molecule has 0 bridgehead atoms. The number of nitrogens with one attached hydrogen (secondary N) is 1. The van der Waals surface area contributed by atoms with Gasteiger partial charge in [-0.25, -0.2) is 13.4 Å². The van der Waals surface area contributed by atoms with Crippen molar-refractivity contribution in [3.05, 3.63) is 35.2 Å². The molecule has 0 atom stereocenters. The number of sulfonamides is 1. The van der Waals surface area contributed by atoms with Crippen molar-refractivity contribution in [2.75, 3.05) is 11.3 Å². The zero-order valence-electron chi connectivity index (χ0n) is 15.5. The summed E-state index contributed by atoms with van der Waals surface area (Å²) >= 11 is 6.02. The van der Waals surface area contributed by atoms with Gasteiger partial charge in [0.2, 0.25) is 0 Å². The van der Waals surface area contributed by atoms with Crippen molar-refractivity contribution < 1.29 is 17.9 Å². The Bertz CT molecular complexity index is 968. The number of amides is 1. The zero-order chi connectivity index (χ0) is 20.3. The second-order valence-electron chi connectivity index (χ2n) is 6.93. The molecule has 3 rings (SSSR count). The minimum atomic E-state index is -4.11. The first-order valence-corrected chi connectivity index (χ1v) is 10.9. The first-order valence-electron chi connectivity index (χ1n) is 9.04. The number of anilines is 1. The Hall–Kier alpha value is -2.26. The number of carbonyl (C=O) groups is 1. The van der Waals surface area contributed by atoms with Crippen LogP contribution in [0.2, 0.25) is 5.02 Å². The molecule has 0 saturated heterocycles. The Balaban J connectivity index is 1.86. The van der Waals surface area contributed by atoms with Gasteiger partial charge in [-0.3, -0.25) is 9.52 Å².